The Morgan fingerprint density at radius 1 is 1.26 bits per heavy atom. The summed E-state index contributed by atoms with van der Waals surface area (Å²) in [7, 11) is -4.26. The molecule has 1 saturated heterocycles. The fourth-order valence-corrected chi connectivity index (χ4v) is 4.76. The zero-order valence-corrected chi connectivity index (χ0v) is 16.1. The van der Waals surface area contributed by atoms with Gasteiger partial charge >= 0.3 is 6.09 Å². The Bertz CT molecular complexity index is 845. The van der Waals surface area contributed by atoms with Gasteiger partial charge < -0.3 is 9.47 Å². The summed E-state index contributed by atoms with van der Waals surface area (Å²) in [6.07, 6.45) is 0.705. The molecule has 1 aromatic carbocycles. The van der Waals surface area contributed by atoms with E-state index < -0.39 is 32.7 Å². The van der Waals surface area contributed by atoms with Gasteiger partial charge in [0.25, 0.3) is 15.7 Å². The fraction of sp³-hybridized carbons (Fsp3) is 0.588. The number of benzene rings is 1. The average molecular weight is 398 g/mol. The smallest absolute Gasteiger partial charge is 0.424 e. The maximum Gasteiger partial charge on any atom is 0.424 e. The lowest BCUT2D eigenvalue weighted by molar-refractivity contribution is -0.384. The lowest BCUT2D eigenvalue weighted by Crippen LogP contribution is -2.50. The van der Waals surface area contributed by atoms with E-state index in [4.69, 9.17) is 9.47 Å². The number of sulfonamides is 1. The zero-order chi connectivity index (χ0) is 20.0. The van der Waals surface area contributed by atoms with E-state index in [1.54, 1.807) is 20.8 Å². The Balaban J connectivity index is 1.97. The first-order valence-corrected chi connectivity index (χ1v) is 10.1. The molecule has 2 aliphatic rings. The zero-order valence-electron chi connectivity index (χ0n) is 15.3. The number of nitro benzene ring substituents is 1. The first kappa shape index (κ1) is 19.6. The average Bonchev–Trinajstić information content (AvgIpc) is 3.33. The van der Waals surface area contributed by atoms with Crippen LogP contribution in [0.4, 0.5) is 10.5 Å². The number of ether oxygens (including phenoxy) is 2. The Hall–Kier alpha value is -2.20. The lowest BCUT2D eigenvalue weighted by Gasteiger charge is -2.33. The van der Waals surface area contributed by atoms with Gasteiger partial charge in [-0.3, -0.25) is 10.1 Å². The molecule has 1 saturated carbocycles. The predicted octanol–water partition coefficient (Wildman–Crippen LogP) is 2.84. The summed E-state index contributed by atoms with van der Waals surface area (Å²) < 4.78 is 38.0. The highest BCUT2D eigenvalue weighted by molar-refractivity contribution is 7.89. The van der Waals surface area contributed by atoms with Gasteiger partial charge in [-0.15, -0.1) is 0 Å². The number of hydrogen-bond acceptors (Lipinski definition) is 7. The lowest BCUT2D eigenvalue weighted by atomic mass is 9.96. The van der Waals surface area contributed by atoms with Crippen LogP contribution in [0.2, 0.25) is 0 Å². The second kappa shape index (κ2) is 6.75. The van der Waals surface area contributed by atoms with Crippen molar-refractivity contribution in [2.75, 3.05) is 0 Å². The summed E-state index contributed by atoms with van der Waals surface area (Å²) in [5.74, 6) is 0. The van der Waals surface area contributed by atoms with Crippen LogP contribution in [0.25, 0.3) is 0 Å². The quantitative estimate of drug-likeness (QED) is 0.434. The van der Waals surface area contributed by atoms with Gasteiger partial charge in [-0.25, -0.2) is 13.2 Å². The molecule has 0 spiro atoms. The van der Waals surface area contributed by atoms with Gasteiger partial charge in [0.1, 0.15) is 11.7 Å². The van der Waals surface area contributed by atoms with Crippen LogP contribution in [0.15, 0.2) is 29.2 Å². The molecule has 9 nitrogen and oxygen atoms in total. The number of non-ortho nitro benzene ring substituents is 1. The van der Waals surface area contributed by atoms with Gasteiger partial charge in [0, 0.05) is 12.1 Å². The van der Waals surface area contributed by atoms with Gasteiger partial charge in [-0.05, 0) is 52.2 Å². The number of nitro groups is 1. The highest BCUT2D eigenvalue weighted by Crippen LogP contribution is 2.41. The molecule has 0 N–H and O–H groups in total. The third-order valence-corrected chi connectivity index (χ3v) is 6.27. The van der Waals surface area contributed by atoms with E-state index in [1.165, 1.54) is 0 Å². The maximum atomic E-state index is 13.2. The summed E-state index contributed by atoms with van der Waals surface area (Å²) in [4.78, 5) is 22.8. The van der Waals surface area contributed by atoms with E-state index in [0.29, 0.717) is 6.42 Å². The molecule has 2 fully saturated rings. The van der Waals surface area contributed by atoms with E-state index in [2.05, 4.69) is 0 Å². The number of fused-ring (bicyclic) bond motifs is 1. The minimum Gasteiger partial charge on any atom is -0.443 e. The van der Waals surface area contributed by atoms with Crippen molar-refractivity contribution in [3.63, 3.8) is 0 Å². The van der Waals surface area contributed by atoms with Crippen LogP contribution in [0, 0.1) is 10.1 Å². The summed E-state index contributed by atoms with van der Waals surface area (Å²) >= 11 is 0. The van der Waals surface area contributed by atoms with Crippen LogP contribution in [0.5, 0.6) is 0 Å². The van der Waals surface area contributed by atoms with Crippen LogP contribution in [0.1, 0.15) is 40.0 Å². The van der Waals surface area contributed by atoms with Crippen LogP contribution < -0.4 is 0 Å². The van der Waals surface area contributed by atoms with Gasteiger partial charge in [0.2, 0.25) is 0 Å². The normalized spacial score (nSPS) is 24.6. The molecule has 27 heavy (non-hydrogen) atoms. The van der Waals surface area contributed by atoms with Crippen LogP contribution >= 0.6 is 0 Å². The third-order valence-electron chi connectivity index (χ3n) is 4.47. The van der Waals surface area contributed by atoms with Crippen molar-refractivity contribution in [2.45, 2.75) is 68.8 Å². The standard InChI is InChI=1S/C17H22N2O7S/c1-17(2,3)26-16(20)18(13-5-4-6-14-15(13)25-14)27(23,24)12-9-7-11(8-10-12)19(21)22/h7-10,13-15H,4-6H2,1-3H3/t13-,14-,15+/m1/s1. The highest BCUT2D eigenvalue weighted by atomic mass is 32.2. The Morgan fingerprint density at radius 3 is 2.44 bits per heavy atom. The minimum atomic E-state index is -4.26. The fourth-order valence-electron chi connectivity index (χ4n) is 3.24. The summed E-state index contributed by atoms with van der Waals surface area (Å²) in [5, 5.41) is 10.8. The summed E-state index contributed by atoms with van der Waals surface area (Å²) in [6, 6.07) is 3.78. The van der Waals surface area contributed by atoms with Gasteiger partial charge in [0.15, 0.2) is 0 Å². The molecule has 3 rings (SSSR count). The third kappa shape index (κ3) is 4.06. The van der Waals surface area contributed by atoms with Crippen molar-refractivity contribution in [2.24, 2.45) is 0 Å². The van der Waals surface area contributed by atoms with Gasteiger partial charge in [-0.1, -0.05) is 0 Å². The van der Waals surface area contributed by atoms with E-state index >= 15 is 0 Å². The predicted molar refractivity (Wildman–Crippen MR) is 94.7 cm³/mol. The second-order valence-corrected chi connectivity index (χ2v) is 9.48. The van der Waals surface area contributed by atoms with Crippen molar-refractivity contribution in [1.29, 1.82) is 0 Å². The molecule has 1 aliphatic heterocycles. The number of rotatable bonds is 4. The molecule has 10 heteroatoms. The van der Waals surface area contributed by atoms with E-state index in [0.717, 1.165) is 41.4 Å². The maximum absolute atomic E-state index is 13.2. The van der Waals surface area contributed by atoms with E-state index in [1.807, 2.05) is 0 Å². The highest BCUT2D eigenvalue weighted by Gasteiger charge is 2.54. The first-order chi connectivity index (χ1) is 12.5. The van der Waals surface area contributed by atoms with Crippen LogP contribution in [-0.2, 0) is 19.5 Å². The Kier molecular flexibility index (Phi) is 4.89. The minimum absolute atomic E-state index is 0.0410. The molecular formula is C17H22N2O7S. The molecule has 148 valence electrons. The topological polar surface area (TPSA) is 119 Å². The van der Waals surface area contributed by atoms with Gasteiger partial charge in [0.05, 0.1) is 22.0 Å². The van der Waals surface area contributed by atoms with Crippen LogP contribution in [-0.4, -0.2) is 47.6 Å². The van der Waals surface area contributed by atoms with Gasteiger partial charge in [-0.2, -0.15) is 4.31 Å². The summed E-state index contributed by atoms with van der Waals surface area (Å²) in [5.41, 5.74) is -1.11. The molecule has 1 amide bonds. The number of epoxide rings is 1. The van der Waals surface area contributed by atoms with Crippen molar-refractivity contribution in [3.8, 4) is 0 Å². The van der Waals surface area contributed by atoms with E-state index in [9.17, 15) is 23.3 Å². The molecule has 0 bridgehead atoms. The number of amides is 1. The SMILES string of the molecule is CC(C)(C)OC(=O)N([C@@H]1CCC[C@H]2O[C@@H]12)S(=O)(=O)c1ccc([N+](=O)[O-])cc1. The molecule has 0 unspecified atom stereocenters. The number of carbonyl (C=O) groups excluding carboxylic acids is 1. The molecule has 0 aromatic heterocycles. The monoisotopic (exact) mass is 398 g/mol. The molecule has 1 aliphatic carbocycles. The Morgan fingerprint density at radius 2 is 1.89 bits per heavy atom. The molecule has 1 aromatic rings. The largest absolute Gasteiger partial charge is 0.443 e. The second-order valence-electron chi connectivity index (χ2n) is 7.67. The first-order valence-electron chi connectivity index (χ1n) is 8.68. The van der Waals surface area contributed by atoms with Crippen molar-refractivity contribution >= 4 is 21.8 Å². The number of carbonyl (C=O) groups is 1. The number of nitrogens with zero attached hydrogens (tertiary/aromatic N) is 2. The molecule has 0 radical (unpaired) electrons. The number of hydrogen-bond donors (Lipinski definition) is 0. The molecular weight excluding hydrogens is 376 g/mol. The molecule has 3 atom stereocenters. The molecule has 1 heterocycles. The van der Waals surface area contributed by atoms with E-state index in [-0.39, 0.29) is 22.8 Å². The Labute approximate surface area is 157 Å². The van der Waals surface area contributed by atoms with Crippen molar-refractivity contribution in [3.05, 3.63) is 34.4 Å². The van der Waals surface area contributed by atoms with Crippen molar-refractivity contribution in [1.82, 2.24) is 4.31 Å². The van der Waals surface area contributed by atoms with Crippen LogP contribution in [0.3, 0.4) is 0 Å². The summed E-state index contributed by atoms with van der Waals surface area (Å²) in [6.45, 7) is 4.95. The van der Waals surface area contributed by atoms with Crippen molar-refractivity contribution < 1.29 is 27.6 Å².